The van der Waals surface area contributed by atoms with E-state index in [4.69, 9.17) is 16.3 Å². The number of carbonyl (C=O) groups excluding carboxylic acids is 2. The molecule has 0 aliphatic carbocycles. The Morgan fingerprint density at radius 1 is 1.44 bits per heavy atom. The Balaban J connectivity index is 2.08. The van der Waals surface area contributed by atoms with Gasteiger partial charge in [-0.1, -0.05) is 23.7 Å². The van der Waals surface area contributed by atoms with Crippen LogP contribution in [0.1, 0.15) is 0 Å². The second kappa shape index (κ2) is 4.40. The predicted molar refractivity (Wildman–Crippen MR) is 57.6 cm³/mol. The minimum Gasteiger partial charge on any atom is -0.408 e. The molecule has 1 saturated heterocycles. The van der Waals surface area contributed by atoms with Crippen molar-refractivity contribution in [2.75, 3.05) is 13.1 Å². The lowest BCUT2D eigenvalue weighted by atomic mass is 10.3. The predicted octanol–water partition coefficient (Wildman–Crippen LogP) is 1.86. The Morgan fingerprint density at radius 3 is 2.81 bits per heavy atom. The summed E-state index contributed by atoms with van der Waals surface area (Å²) in [6, 6.07) is 6.14. The molecule has 0 aromatic heterocycles. The molecule has 16 heavy (non-hydrogen) atoms. The highest BCUT2D eigenvalue weighted by Crippen LogP contribution is 2.23. The van der Waals surface area contributed by atoms with E-state index < -0.39 is 12.1 Å². The Hall–Kier alpha value is -1.75. The van der Waals surface area contributed by atoms with Gasteiger partial charge in [-0.3, -0.25) is 0 Å². The number of hydrogen-bond donors (Lipinski definition) is 1. The van der Waals surface area contributed by atoms with Gasteiger partial charge in [0.1, 0.15) is 0 Å². The quantitative estimate of drug-likeness (QED) is 0.815. The number of nitrogens with zero attached hydrogens (tertiary/aromatic N) is 1. The van der Waals surface area contributed by atoms with Gasteiger partial charge in [0.15, 0.2) is 5.75 Å². The molecule has 1 N–H and O–H groups in total. The molecule has 6 heteroatoms. The zero-order chi connectivity index (χ0) is 11.5. The highest BCUT2D eigenvalue weighted by Gasteiger charge is 2.28. The molecular weight excluding hydrogens is 232 g/mol. The fourth-order valence-corrected chi connectivity index (χ4v) is 1.50. The maximum atomic E-state index is 11.6. The van der Waals surface area contributed by atoms with Crippen molar-refractivity contribution in [3.63, 3.8) is 0 Å². The van der Waals surface area contributed by atoms with Crippen molar-refractivity contribution in [2.24, 2.45) is 0 Å². The van der Waals surface area contributed by atoms with Gasteiger partial charge in [-0.25, -0.2) is 14.5 Å². The van der Waals surface area contributed by atoms with E-state index >= 15 is 0 Å². The van der Waals surface area contributed by atoms with E-state index in [0.717, 1.165) is 4.90 Å². The van der Waals surface area contributed by atoms with Crippen LogP contribution in [0.3, 0.4) is 0 Å². The second-order valence-electron chi connectivity index (χ2n) is 3.18. The Kier molecular flexibility index (Phi) is 2.96. The van der Waals surface area contributed by atoms with Crippen LogP contribution in [0.4, 0.5) is 9.59 Å². The van der Waals surface area contributed by atoms with E-state index in [0.29, 0.717) is 18.1 Å². The summed E-state index contributed by atoms with van der Waals surface area (Å²) in [4.78, 5) is 23.7. The molecule has 0 saturated carbocycles. The fourth-order valence-electron chi connectivity index (χ4n) is 1.32. The van der Waals surface area contributed by atoms with Crippen molar-refractivity contribution in [2.45, 2.75) is 0 Å². The monoisotopic (exact) mass is 240 g/mol. The highest BCUT2D eigenvalue weighted by atomic mass is 35.5. The van der Waals surface area contributed by atoms with Crippen LogP contribution in [-0.4, -0.2) is 30.1 Å². The Bertz CT molecular complexity index is 436. The number of nitrogens with one attached hydrogen (secondary N) is 1. The first kappa shape index (κ1) is 10.8. The number of amides is 3. The summed E-state index contributed by atoms with van der Waals surface area (Å²) in [5.74, 6) is 0.244. The van der Waals surface area contributed by atoms with Crippen LogP contribution >= 0.6 is 11.6 Å². The van der Waals surface area contributed by atoms with Gasteiger partial charge in [0, 0.05) is 6.54 Å². The van der Waals surface area contributed by atoms with Crippen LogP contribution in [0.2, 0.25) is 5.02 Å². The van der Waals surface area contributed by atoms with E-state index in [2.05, 4.69) is 5.32 Å². The van der Waals surface area contributed by atoms with E-state index in [1.807, 2.05) is 0 Å². The van der Waals surface area contributed by atoms with Crippen LogP contribution < -0.4 is 10.1 Å². The van der Waals surface area contributed by atoms with Crippen LogP contribution in [0.15, 0.2) is 24.3 Å². The molecule has 1 aliphatic rings. The molecule has 0 atom stereocenters. The summed E-state index contributed by atoms with van der Waals surface area (Å²) < 4.78 is 4.99. The van der Waals surface area contributed by atoms with Gasteiger partial charge in [-0.05, 0) is 12.1 Å². The lowest BCUT2D eigenvalue weighted by Gasteiger charge is -2.12. The summed E-state index contributed by atoms with van der Waals surface area (Å²) in [6.07, 6.45) is -0.719. The van der Waals surface area contributed by atoms with E-state index in [1.165, 1.54) is 0 Å². The minimum atomic E-state index is -0.719. The second-order valence-corrected chi connectivity index (χ2v) is 3.59. The molecule has 1 aliphatic heterocycles. The number of urea groups is 1. The normalized spacial score (nSPS) is 14.8. The molecule has 2 rings (SSSR count). The van der Waals surface area contributed by atoms with Gasteiger partial charge in [0.2, 0.25) is 0 Å². The first-order valence-corrected chi connectivity index (χ1v) is 5.08. The van der Waals surface area contributed by atoms with Crippen molar-refractivity contribution >= 4 is 23.7 Å². The number of benzene rings is 1. The highest BCUT2D eigenvalue weighted by molar-refractivity contribution is 6.32. The summed E-state index contributed by atoms with van der Waals surface area (Å²) in [5, 5.41) is 2.83. The molecule has 3 amide bonds. The first-order valence-electron chi connectivity index (χ1n) is 4.70. The molecule has 0 spiro atoms. The zero-order valence-corrected chi connectivity index (χ0v) is 9.03. The SMILES string of the molecule is O=C1NCCN1C(=O)Oc1ccccc1Cl. The largest absolute Gasteiger partial charge is 0.423 e. The fraction of sp³-hybridized carbons (Fsp3) is 0.200. The number of para-hydroxylation sites is 1. The van der Waals surface area contributed by atoms with Gasteiger partial charge >= 0.3 is 12.1 Å². The van der Waals surface area contributed by atoms with Crippen molar-refractivity contribution in [3.8, 4) is 5.75 Å². The third-order valence-corrected chi connectivity index (χ3v) is 2.42. The molecule has 1 aromatic carbocycles. The summed E-state index contributed by atoms with van der Waals surface area (Å²) in [5.41, 5.74) is 0. The smallest absolute Gasteiger partial charge is 0.408 e. The molecule has 5 nitrogen and oxygen atoms in total. The van der Waals surface area contributed by atoms with Gasteiger partial charge in [0.25, 0.3) is 0 Å². The number of carbonyl (C=O) groups is 2. The number of ether oxygens (including phenoxy) is 1. The number of rotatable bonds is 1. The maximum absolute atomic E-state index is 11.6. The minimum absolute atomic E-state index is 0.244. The van der Waals surface area contributed by atoms with Gasteiger partial charge < -0.3 is 10.1 Å². The molecule has 0 bridgehead atoms. The van der Waals surface area contributed by atoms with Gasteiger partial charge in [0.05, 0.1) is 11.6 Å². The average Bonchev–Trinajstić information content (AvgIpc) is 2.68. The lowest BCUT2D eigenvalue weighted by Crippen LogP contribution is -2.36. The molecule has 1 fully saturated rings. The molecule has 1 heterocycles. The van der Waals surface area contributed by atoms with Crippen LogP contribution in [0, 0.1) is 0 Å². The van der Waals surface area contributed by atoms with Crippen molar-refractivity contribution in [3.05, 3.63) is 29.3 Å². The lowest BCUT2D eigenvalue weighted by molar-refractivity contribution is 0.164. The third kappa shape index (κ3) is 2.09. The van der Waals surface area contributed by atoms with Crippen molar-refractivity contribution in [1.82, 2.24) is 10.2 Å². The van der Waals surface area contributed by atoms with Crippen LogP contribution in [0.5, 0.6) is 5.75 Å². The van der Waals surface area contributed by atoms with E-state index in [1.54, 1.807) is 24.3 Å². The van der Waals surface area contributed by atoms with E-state index in [-0.39, 0.29) is 5.75 Å². The van der Waals surface area contributed by atoms with Crippen molar-refractivity contribution in [1.29, 1.82) is 0 Å². The Labute approximate surface area is 96.9 Å². The summed E-state index contributed by atoms with van der Waals surface area (Å²) in [7, 11) is 0. The molecule has 0 unspecified atom stereocenters. The average molecular weight is 241 g/mol. The van der Waals surface area contributed by atoms with Crippen LogP contribution in [-0.2, 0) is 0 Å². The molecule has 0 radical (unpaired) electrons. The zero-order valence-electron chi connectivity index (χ0n) is 8.27. The molecule has 1 aromatic rings. The van der Waals surface area contributed by atoms with Gasteiger partial charge in [-0.2, -0.15) is 0 Å². The topological polar surface area (TPSA) is 58.6 Å². The van der Waals surface area contributed by atoms with Gasteiger partial charge in [-0.15, -0.1) is 0 Å². The summed E-state index contributed by atoms with van der Waals surface area (Å²) in [6.45, 7) is 0.749. The number of imide groups is 1. The first-order chi connectivity index (χ1) is 7.68. The van der Waals surface area contributed by atoms with Crippen LogP contribution in [0.25, 0.3) is 0 Å². The maximum Gasteiger partial charge on any atom is 0.423 e. The standard InChI is InChI=1S/C10H9ClN2O3/c11-7-3-1-2-4-8(7)16-10(15)13-6-5-12-9(13)14/h1-4H,5-6H2,(H,12,14). The molecule has 84 valence electrons. The van der Waals surface area contributed by atoms with E-state index in [9.17, 15) is 9.59 Å². The number of halogens is 1. The third-order valence-electron chi connectivity index (χ3n) is 2.11. The number of hydrogen-bond acceptors (Lipinski definition) is 3. The van der Waals surface area contributed by atoms with Crippen molar-refractivity contribution < 1.29 is 14.3 Å². The summed E-state index contributed by atoms with van der Waals surface area (Å²) >= 11 is 5.82. The Morgan fingerprint density at radius 2 is 2.19 bits per heavy atom. The molecular formula is C10H9ClN2O3.